The van der Waals surface area contributed by atoms with Crippen LogP contribution >= 0.6 is 27.7 Å². The van der Waals surface area contributed by atoms with Crippen molar-refractivity contribution in [3.63, 3.8) is 0 Å². The maximum atomic E-state index is 6.19. The van der Waals surface area contributed by atoms with Gasteiger partial charge in [-0.3, -0.25) is 0 Å². The topological polar surface area (TPSA) is 38.9 Å². The first-order valence-corrected chi connectivity index (χ1v) is 8.26. The molecule has 2 rings (SSSR count). The number of thioether (sulfide) groups is 1. The zero-order valence-corrected chi connectivity index (χ0v) is 14.3. The average molecular weight is 351 g/mol. The molecule has 1 aromatic heterocycles. The van der Waals surface area contributed by atoms with Gasteiger partial charge in [-0.15, -0.1) is 0 Å². The highest BCUT2D eigenvalue weighted by molar-refractivity contribution is 9.10. The third kappa shape index (κ3) is 3.84. The van der Waals surface area contributed by atoms with E-state index in [2.05, 4.69) is 52.1 Å². The number of halogens is 1. The maximum Gasteiger partial charge on any atom is 0.0972 e. The van der Waals surface area contributed by atoms with E-state index in [1.165, 1.54) is 11.1 Å². The molecule has 0 aliphatic carbocycles. The third-order valence-corrected chi connectivity index (χ3v) is 5.12. The summed E-state index contributed by atoms with van der Waals surface area (Å²) in [5.41, 5.74) is 9.68. The van der Waals surface area contributed by atoms with Gasteiger partial charge in [-0.2, -0.15) is 0 Å². The highest BCUT2D eigenvalue weighted by Crippen LogP contribution is 2.39. The molecule has 2 N–H and O–H groups in total. The quantitative estimate of drug-likeness (QED) is 0.816. The van der Waals surface area contributed by atoms with Gasteiger partial charge in [0.2, 0.25) is 0 Å². The second-order valence-corrected chi connectivity index (χ2v) is 7.06. The predicted molar refractivity (Wildman–Crippen MR) is 90.1 cm³/mol. The molecule has 1 heterocycles. The fourth-order valence-electron chi connectivity index (χ4n) is 2.15. The first-order valence-electron chi connectivity index (χ1n) is 6.59. The minimum absolute atomic E-state index is 0.0429. The summed E-state index contributed by atoms with van der Waals surface area (Å²) >= 11 is 5.34. The van der Waals surface area contributed by atoms with Crippen LogP contribution in [0, 0.1) is 13.8 Å². The Balaban J connectivity index is 2.33. The van der Waals surface area contributed by atoms with Crippen LogP contribution in [0.15, 0.2) is 45.9 Å². The van der Waals surface area contributed by atoms with Gasteiger partial charge in [0.25, 0.3) is 0 Å². The molecule has 2 atom stereocenters. The molecule has 0 aliphatic rings. The van der Waals surface area contributed by atoms with Gasteiger partial charge >= 0.3 is 0 Å². The number of nitrogens with two attached hydrogens (primary N) is 1. The third-order valence-electron chi connectivity index (χ3n) is 3.01. The largest absolute Gasteiger partial charge is 0.327 e. The Labute approximate surface area is 133 Å². The van der Waals surface area contributed by atoms with Crippen LogP contribution in [-0.2, 0) is 0 Å². The lowest BCUT2D eigenvalue weighted by atomic mass is 10.1. The maximum absolute atomic E-state index is 6.19. The van der Waals surface area contributed by atoms with E-state index in [4.69, 9.17) is 5.73 Å². The van der Waals surface area contributed by atoms with E-state index in [-0.39, 0.29) is 11.3 Å². The summed E-state index contributed by atoms with van der Waals surface area (Å²) in [6.45, 7) is 6.16. The molecule has 0 spiro atoms. The number of aryl methyl sites for hydroxylation is 2. The van der Waals surface area contributed by atoms with Crippen molar-refractivity contribution < 1.29 is 0 Å². The summed E-state index contributed by atoms with van der Waals surface area (Å²) in [4.78, 5) is 4.60. The van der Waals surface area contributed by atoms with Crippen LogP contribution in [0.4, 0.5) is 0 Å². The van der Waals surface area contributed by atoms with Gasteiger partial charge in [0, 0.05) is 16.2 Å². The molecule has 20 heavy (non-hydrogen) atoms. The molecule has 0 radical (unpaired) electrons. The van der Waals surface area contributed by atoms with Crippen LogP contribution in [0.5, 0.6) is 0 Å². The number of pyridine rings is 1. The van der Waals surface area contributed by atoms with E-state index in [0.29, 0.717) is 0 Å². The Bertz CT molecular complexity index is 579. The molecule has 0 fully saturated rings. The number of nitrogens with zero attached hydrogens (tertiary/aromatic N) is 1. The molecule has 106 valence electrons. The number of benzene rings is 1. The van der Waals surface area contributed by atoms with Gasteiger partial charge in [-0.1, -0.05) is 45.9 Å². The summed E-state index contributed by atoms with van der Waals surface area (Å²) in [7, 11) is 0. The van der Waals surface area contributed by atoms with Crippen molar-refractivity contribution in [2.24, 2.45) is 5.73 Å². The van der Waals surface area contributed by atoms with E-state index < -0.39 is 0 Å². The molecule has 2 aromatic rings. The number of rotatable bonds is 4. The molecule has 1 aromatic carbocycles. The Kier molecular flexibility index (Phi) is 5.24. The standard InChI is InChI=1S/C16H19BrN2S/c1-10-8-11(2)19-15(9-10)20-16(12(3)18)13-6-4-5-7-14(13)17/h4-9,12,16H,18H2,1-3H3. The second-order valence-electron chi connectivity index (χ2n) is 5.04. The van der Waals surface area contributed by atoms with E-state index in [0.717, 1.165) is 15.2 Å². The van der Waals surface area contributed by atoms with Crippen molar-refractivity contribution in [3.8, 4) is 0 Å². The van der Waals surface area contributed by atoms with Crippen molar-refractivity contribution in [1.82, 2.24) is 4.98 Å². The van der Waals surface area contributed by atoms with Crippen molar-refractivity contribution >= 4 is 27.7 Å². The summed E-state index contributed by atoms with van der Waals surface area (Å²) in [5.74, 6) is 0. The molecule has 2 unspecified atom stereocenters. The lowest BCUT2D eigenvalue weighted by Gasteiger charge is -2.22. The fourth-order valence-corrected chi connectivity index (χ4v) is 4.10. The first-order chi connectivity index (χ1) is 9.47. The monoisotopic (exact) mass is 350 g/mol. The van der Waals surface area contributed by atoms with E-state index in [9.17, 15) is 0 Å². The minimum atomic E-state index is 0.0429. The highest BCUT2D eigenvalue weighted by Gasteiger charge is 2.20. The van der Waals surface area contributed by atoms with Crippen molar-refractivity contribution in [2.45, 2.75) is 37.1 Å². The summed E-state index contributed by atoms with van der Waals surface area (Å²) in [6.07, 6.45) is 0. The van der Waals surface area contributed by atoms with Crippen LogP contribution < -0.4 is 5.73 Å². The second kappa shape index (κ2) is 6.74. The lowest BCUT2D eigenvalue weighted by molar-refractivity contribution is 0.717. The van der Waals surface area contributed by atoms with E-state index in [1.807, 2.05) is 26.0 Å². The van der Waals surface area contributed by atoms with Gasteiger partial charge in [0.15, 0.2) is 0 Å². The van der Waals surface area contributed by atoms with Gasteiger partial charge in [-0.25, -0.2) is 4.98 Å². The predicted octanol–water partition coefficient (Wildman–Crippen LogP) is 4.64. The van der Waals surface area contributed by atoms with Crippen molar-refractivity contribution in [2.75, 3.05) is 0 Å². The first kappa shape index (κ1) is 15.5. The Morgan fingerprint density at radius 3 is 2.50 bits per heavy atom. The molecule has 4 heteroatoms. The van der Waals surface area contributed by atoms with Gasteiger partial charge in [0.1, 0.15) is 0 Å². The molecule has 0 amide bonds. The van der Waals surface area contributed by atoms with Gasteiger partial charge in [-0.05, 0) is 50.1 Å². The van der Waals surface area contributed by atoms with E-state index >= 15 is 0 Å². The Morgan fingerprint density at radius 1 is 1.20 bits per heavy atom. The van der Waals surface area contributed by atoms with Crippen LogP contribution in [0.3, 0.4) is 0 Å². The van der Waals surface area contributed by atoms with Crippen LogP contribution in [0.25, 0.3) is 0 Å². The molecular weight excluding hydrogens is 332 g/mol. The molecule has 0 aliphatic heterocycles. The number of hydrogen-bond acceptors (Lipinski definition) is 3. The average Bonchev–Trinajstić information content (AvgIpc) is 2.35. The van der Waals surface area contributed by atoms with Crippen molar-refractivity contribution in [1.29, 1.82) is 0 Å². The van der Waals surface area contributed by atoms with E-state index in [1.54, 1.807) is 11.8 Å². The Morgan fingerprint density at radius 2 is 1.90 bits per heavy atom. The number of aromatic nitrogens is 1. The SMILES string of the molecule is Cc1cc(C)nc(SC(c2ccccc2Br)C(C)N)c1. The molecule has 0 bridgehead atoms. The minimum Gasteiger partial charge on any atom is -0.327 e. The zero-order chi connectivity index (χ0) is 14.7. The molecular formula is C16H19BrN2S. The Hall–Kier alpha value is -0.840. The summed E-state index contributed by atoms with van der Waals surface area (Å²) in [5, 5.41) is 1.21. The highest BCUT2D eigenvalue weighted by atomic mass is 79.9. The van der Waals surface area contributed by atoms with Crippen LogP contribution in [0.1, 0.15) is 29.0 Å². The van der Waals surface area contributed by atoms with Gasteiger partial charge in [0.05, 0.1) is 10.3 Å². The summed E-state index contributed by atoms with van der Waals surface area (Å²) in [6, 6.07) is 12.5. The normalized spacial score (nSPS) is 14.1. The molecule has 0 saturated heterocycles. The van der Waals surface area contributed by atoms with Gasteiger partial charge < -0.3 is 5.73 Å². The lowest BCUT2D eigenvalue weighted by Crippen LogP contribution is -2.23. The van der Waals surface area contributed by atoms with Crippen molar-refractivity contribution in [3.05, 3.63) is 57.7 Å². The van der Waals surface area contributed by atoms with Crippen LogP contribution in [-0.4, -0.2) is 11.0 Å². The number of hydrogen-bond donors (Lipinski definition) is 1. The molecule has 0 saturated carbocycles. The zero-order valence-electron chi connectivity index (χ0n) is 11.9. The molecule has 2 nitrogen and oxygen atoms in total. The van der Waals surface area contributed by atoms with Crippen LogP contribution in [0.2, 0.25) is 0 Å². The smallest absolute Gasteiger partial charge is 0.0972 e. The summed E-state index contributed by atoms with van der Waals surface area (Å²) < 4.78 is 1.10. The fraction of sp³-hybridized carbons (Fsp3) is 0.312.